The summed E-state index contributed by atoms with van der Waals surface area (Å²) in [5.74, 6) is -0.0423. The number of amides is 1. The monoisotopic (exact) mass is 365 g/mol. The summed E-state index contributed by atoms with van der Waals surface area (Å²) in [5, 5.41) is 10.4. The van der Waals surface area contributed by atoms with Gasteiger partial charge in [-0.05, 0) is 50.6 Å². The Bertz CT molecular complexity index is 669. The lowest BCUT2D eigenvalue weighted by atomic mass is 9.90. The number of ether oxygens (including phenoxy) is 1. The molecule has 3 rings (SSSR count). The van der Waals surface area contributed by atoms with Gasteiger partial charge in [-0.25, -0.2) is 9.67 Å². The molecule has 0 aliphatic carbocycles. The lowest BCUT2D eigenvalue weighted by molar-refractivity contribution is -0.147. The largest absolute Gasteiger partial charge is 0.368 e. The highest BCUT2D eigenvalue weighted by molar-refractivity contribution is 5.86. The number of hydrogen-bond donors (Lipinski definition) is 2. The zero-order valence-electron chi connectivity index (χ0n) is 14.4. The summed E-state index contributed by atoms with van der Waals surface area (Å²) in [6.45, 7) is 3.57. The minimum Gasteiger partial charge on any atom is -0.368 e. The molecule has 1 fully saturated rings. The maximum Gasteiger partial charge on any atom is 0.252 e. The van der Waals surface area contributed by atoms with Gasteiger partial charge in [0.05, 0.1) is 11.7 Å². The van der Waals surface area contributed by atoms with Crippen LogP contribution in [-0.4, -0.2) is 46.5 Å². The number of halogens is 1. The molecule has 1 aliphatic heterocycles. The molecule has 0 bridgehead atoms. The molecule has 1 atom stereocenters. The van der Waals surface area contributed by atoms with E-state index in [9.17, 15) is 4.79 Å². The molecule has 2 heterocycles. The molecular weight excluding hydrogens is 342 g/mol. The van der Waals surface area contributed by atoms with Crippen molar-refractivity contribution in [2.75, 3.05) is 20.2 Å². The first-order valence-electron chi connectivity index (χ1n) is 8.16. The van der Waals surface area contributed by atoms with Gasteiger partial charge in [0.15, 0.2) is 0 Å². The fourth-order valence-electron chi connectivity index (χ4n) is 3.02. The lowest BCUT2D eigenvalue weighted by Gasteiger charge is -2.35. The molecule has 0 spiro atoms. The Labute approximate surface area is 153 Å². The summed E-state index contributed by atoms with van der Waals surface area (Å²) in [7, 11) is 1.61. The molecule has 8 heteroatoms. The van der Waals surface area contributed by atoms with Gasteiger partial charge in [0, 0.05) is 7.11 Å². The van der Waals surface area contributed by atoms with E-state index in [0.717, 1.165) is 24.3 Å². The van der Waals surface area contributed by atoms with Crippen LogP contribution < -0.4 is 10.6 Å². The Morgan fingerprint density at radius 3 is 2.56 bits per heavy atom. The van der Waals surface area contributed by atoms with E-state index in [2.05, 4.69) is 20.7 Å². The van der Waals surface area contributed by atoms with Crippen LogP contribution >= 0.6 is 12.4 Å². The maximum absolute atomic E-state index is 12.7. The molecule has 7 nitrogen and oxygen atoms in total. The minimum atomic E-state index is -0.722. The van der Waals surface area contributed by atoms with Crippen LogP contribution in [-0.2, 0) is 9.53 Å². The summed E-state index contributed by atoms with van der Waals surface area (Å²) in [4.78, 5) is 16.6. The molecule has 2 aromatic rings. The van der Waals surface area contributed by atoms with Gasteiger partial charge in [-0.1, -0.05) is 12.1 Å². The van der Waals surface area contributed by atoms with Gasteiger partial charge < -0.3 is 15.4 Å². The molecule has 25 heavy (non-hydrogen) atoms. The number of nitrogens with one attached hydrogen (secondary N) is 2. The topological polar surface area (TPSA) is 81.1 Å². The molecule has 136 valence electrons. The molecule has 0 radical (unpaired) electrons. The second-order valence-corrected chi connectivity index (χ2v) is 6.08. The Morgan fingerprint density at radius 1 is 1.32 bits per heavy atom. The molecule has 1 saturated heterocycles. The summed E-state index contributed by atoms with van der Waals surface area (Å²) >= 11 is 0. The quantitative estimate of drug-likeness (QED) is 0.841. The van der Waals surface area contributed by atoms with Crippen molar-refractivity contribution in [2.24, 2.45) is 0 Å². The normalized spacial score (nSPS) is 17.4. The smallest absolute Gasteiger partial charge is 0.252 e. The molecule has 2 N–H and O–H groups in total. The average Bonchev–Trinajstić information content (AvgIpc) is 3.17. The highest BCUT2D eigenvalue weighted by Gasteiger charge is 2.40. The first kappa shape index (κ1) is 19.4. The van der Waals surface area contributed by atoms with E-state index in [1.165, 1.54) is 6.33 Å². The van der Waals surface area contributed by atoms with E-state index in [1.54, 1.807) is 18.1 Å². The molecule has 0 saturated carbocycles. The fraction of sp³-hybridized carbons (Fsp3) is 0.471. The first-order valence-corrected chi connectivity index (χ1v) is 8.16. The standard InChI is InChI=1S/C17H23N5O2.ClH/c1-13(21-16(23)17(24-2)7-9-18-10-8-17)14-3-5-15(6-4-14)22-12-19-11-20-22;/h3-6,11-13,18H,7-10H2,1-2H3,(H,21,23);1H. The van der Waals surface area contributed by atoms with Crippen molar-refractivity contribution in [3.63, 3.8) is 0 Å². The highest BCUT2D eigenvalue weighted by atomic mass is 35.5. The number of hydrogen-bond acceptors (Lipinski definition) is 5. The third-order valence-corrected chi connectivity index (χ3v) is 4.64. The maximum atomic E-state index is 12.7. The zero-order valence-corrected chi connectivity index (χ0v) is 15.3. The van der Waals surface area contributed by atoms with E-state index >= 15 is 0 Å². The van der Waals surface area contributed by atoms with Gasteiger partial charge in [-0.15, -0.1) is 12.4 Å². The summed E-state index contributed by atoms with van der Waals surface area (Å²) in [5.41, 5.74) is 1.24. The van der Waals surface area contributed by atoms with Crippen molar-refractivity contribution in [2.45, 2.75) is 31.4 Å². The molecule has 1 amide bonds. The number of carbonyl (C=O) groups excluding carboxylic acids is 1. The van der Waals surface area contributed by atoms with E-state index in [4.69, 9.17) is 4.74 Å². The van der Waals surface area contributed by atoms with E-state index in [0.29, 0.717) is 12.8 Å². The Morgan fingerprint density at radius 2 is 2.00 bits per heavy atom. The summed E-state index contributed by atoms with van der Waals surface area (Å²) in [6.07, 6.45) is 4.53. The third kappa shape index (κ3) is 4.18. The van der Waals surface area contributed by atoms with Gasteiger partial charge in [0.25, 0.3) is 5.91 Å². The summed E-state index contributed by atoms with van der Waals surface area (Å²) < 4.78 is 7.27. The third-order valence-electron chi connectivity index (χ3n) is 4.64. The number of piperidine rings is 1. The number of nitrogens with zero attached hydrogens (tertiary/aromatic N) is 3. The molecule has 1 aromatic carbocycles. The van der Waals surface area contributed by atoms with Gasteiger partial charge in [0.1, 0.15) is 18.3 Å². The van der Waals surface area contributed by atoms with Crippen molar-refractivity contribution in [1.29, 1.82) is 0 Å². The van der Waals surface area contributed by atoms with Crippen LogP contribution in [0.2, 0.25) is 0 Å². The van der Waals surface area contributed by atoms with Crippen LogP contribution in [0.25, 0.3) is 5.69 Å². The Hall–Kier alpha value is -1.96. The van der Waals surface area contributed by atoms with Gasteiger partial charge in [-0.2, -0.15) is 5.10 Å². The van der Waals surface area contributed by atoms with Crippen LogP contribution in [0.1, 0.15) is 31.4 Å². The Balaban J connectivity index is 0.00000225. The van der Waals surface area contributed by atoms with E-state index < -0.39 is 5.60 Å². The van der Waals surface area contributed by atoms with Crippen LogP contribution in [0, 0.1) is 0 Å². The molecular formula is C17H24ClN5O2. The number of aromatic nitrogens is 3. The van der Waals surface area contributed by atoms with E-state index in [-0.39, 0.29) is 24.4 Å². The van der Waals surface area contributed by atoms with Crippen molar-refractivity contribution in [3.05, 3.63) is 42.5 Å². The van der Waals surface area contributed by atoms with Crippen LogP contribution in [0.5, 0.6) is 0 Å². The molecule has 1 aromatic heterocycles. The van der Waals surface area contributed by atoms with Gasteiger partial charge >= 0.3 is 0 Å². The number of methoxy groups -OCH3 is 1. The van der Waals surface area contributed by atoms with Gasteiger partial charge in [-0.3, -0.25) is 4.79 Å². The van der Waals surface area contributed by atoms with Crippen molar-refractivity contribution >= 4 is 18.3 Å². The number of benzene rings is 1. The Kier molecular flexibility index (Phi) is 6.52. The van der Waals surface area contributed by atoms with E-state index in [1.807, 2.05) is 31.2 Å². The first-order chi connectivity index (χ1) is 11.6. The predicted molar refractivity (Wildman–Crippen MR) is 97.0 cm³/mol. The fourth-order valence-corrected chi connectivity index (χ4v) is 3.02. The second-order valence-electron chi connectivity index (χ2n) is 6.08. The SMILES string of the molecule is COC1(C(=O)NC(C)c2ccc(-n3cncn3)cc2)CCNCC1.Cl. The predicted octanol–water partition coefficient (Wildman–Crippen LogP) is 1.63. The van der Waals surface area contributed by atoms with Crippen molar-refractivity contribution in [1.82, 2.24) is 25.4 Å². The highest BCUT2D eigenvalue weighted by Crippen LogP contribution is 2.24. The van der Waals surface area contributed by atoms with Gasteiger partial charge in [0.2, 0.25) is 0 Å². The van der Waals surface area contributed by atoms with Crippen molar-refractivity contribution < 1.29 is 9.53 Å². The lowest BCUT2D eigenvalue weighted by Crippen LogP contribution is -2.54. The zero-order chi connectivity index (χ0) is 17.0. The van der Waals surface area contributed by atoms with Crippen LogP contribution in [0.15, 0.2) is 36.9 Å². The van der Waals surface area contributed by atoms with Crippen molar-refractivity contribution in [3.8, 4) is 5.69 Å². The van der Waals surface area contributed by atoms with Crippen LogP contribution in [0.3, 0.4) is 0 Å². The van der Waals surface area contributed by atoms with Crippen LogP contribution in [0.4, 0.5) is 0 Å². The molecule has 1 unspecified atom stereocenters. The summed E-state index contributed by atoms with van der Waals surface area (Å²) in [6, 6.07) is 7.81. The second kappa shape index (κ2) is 8.42. The number of rotatable bonds is 5. The minimum absolute atomic E-state index is 0. The molecule has 1 aliphatic rings. The average molecular weight is 366 g/mol. The number of carbonyl (C=O) groups is 1.